The van der Waals surface area contributed by atoms with E-state index in [0.717, 1.165) is 12.8 Å². The van der Waals surface area contributed by atoms with Gasteiger partial charge in [0, 0.05) is 5.88 Å². The van der Waals surface area contributed by atoms with E-state index in [1.165, 1.54) is 11.1 Å². The van der Waals surface area contributed by atoms with E-state index in [0.29, 0.717) is 5.88 Å². The van der Waals surface area contributed by atoms with Gasteiger partial charge in [0.2, 0.25) is 0 Å². The Hall–Kier alpha value is -0.490. The lowest BCUT2D eigenvalue weighted by Gasteiger charge is -1.98. The molecule has 1 aromatic rings. The van der Waals surface area contributed by atoms with Crippen LogP contribution in [-0.2, 0) is 12.3 Å². The number of halogens is 1. The highest BCUT2D eigenvalue weighted by Crippen LogP contribution is 2.07. The van der Waals surface area contributed by atoms with Gasteiger partial charge in [-0.15, -0.1) is 11.6 Å². The van der Waals surface area contributed by atoms with E-state index < -0.39 is 0 Å². The van der Waals surface area contributed by atoms with Crippen molar-refractivity contribution in [3.05, 3.63) is 42.3 Å². The van der Waals surface area contributed by atoms with Crippen LogP contribution in [0, 0.1) is 6.92 Å². The van der Waals surface area contributed by atoms with Gasteiger partial charge in [0.1, 0.15) is 0 Å². The zero-order valence-corrected chi connectivity index (χ0v) is 7.27. The normalized spacial score (nSPS) is 10.0. The molecule has 0 spiro atoms. The van der Waals surface area contributed by atoms with E-state index in [-0.39, 0.29) is 0 Å². The van der Waals surface area contributed by atoms with Gasteiger partial charge in [-0.3, -0.25) is 0 Å². The molecule has 0 atom stereocenters. The molecule has 1 radical (unpaired) electrons. The summed E-state index contributed by atoms with van der Waals surface area (Å²) in [5, 5.41) is 0. The number of rotatable bonds is 3. The van der Waals surface area contributed by atoms with Crippen molar-refractivity contribution in [2.45, 2.75) is 18.7 Å². The average molecular weight is 168 g/mol. The number of benzene rings is 1. The minimum Gasteiger partial charge on any atom is -0.122 e. The Bertz CT molecular complexity index is 201. The molecule has 0 aliphatic rings. The maximum atomic E-state index is 5.64. The quantitative estimate of drug-likeness (QED) is 0.607. The number of hydrogen-bond donors (Lipinski definition) is 0. The molecule has 0 amide bonds. The Labute approximate surface area is 73.2 Å². The Kier molecular flexibility index (Phi) is 3.44. The van der Waals surface area contributed by atoms with Gasteiger partial charge < -0.3 is 0 Å². The number of aryl methyl sites for hydroxylation is 1. The Balaban J connectivity index is 2.66. The highest BCUT2D eigenvalue weighted by molar-refractivity contribution is 6.17. The van der Waals surface area contributed by atoms with E-state index in [1.54, 1.807) is 0 Å². The minimum absolute atomic E-state index is 0.602. The summed E-state index contributed by atoms with van der Waals surface area (Å²) in [5.74, 6) is 0.602. The first-order chi connectivity index (χ1) is 5.36. The Morgan fingerprint density at radius 2 is 1.64 bits per heavy atom. The van der Waals surface area contributed by atoms with Gasteiger partial charge in [-0.2, -0.15) is 0 Å². The predicted octanol–water partition coefficient (Wildman–Crippen LogP) is 3.19. The van der Waals surface area contributed by atoms with Gasteiger partial charge in [-0.1, -0.05) is 31.2 Å². The fourth-order valence-corrected chi connectivity index (χ4v) is 1.18. The van der Waals surface area contributed by atoms with Crippen LogP contribution in [0.25, 0.3) is 0 Å². The molecule has 59 valence electrons. The van der Waals surface area contributed by atoms with Gasteiger partial charge in [-0.25, -0.2) is 0 Å². The molecule has 0 aliphatic heterocycles. The molecule has 0 nitrogen and oxygen atoms in total. The summed E-state index contributed by atoms with van der Waals surface area (Å²) >= 11 is 5.64. The van der Waals surface area contributed by atoms with E-state index in [4.69, 9.17) is 11.6 Å². The van der Waals surface area contributed by atoms with Crippen molar-refractivity contribution >= 4 is 11.6 Å². The summed E-state index contributed by atoms with van der Waals surface area (Å²) in [7, 11) is 0. The molecule has 0 saturated heterocycles. The first-order valence-electron chi connectivity index (χ1n) is 3.80. The van der Waals surface area contributed by atoms with Crippen molar-refractivity contribution in [3.63, 3.8) is 0 Å². The summed E-state index contributed by atoms with van der Waals surface area (Å²) in [6, 6.07) is 8.36. The van der Waals surface area contributed by atoms with E-state index in [2.05, 4.69) is 31.2 Å². The first kappa shape index (κ1) is 8.61. The molecule has 0 aliphatic carbocycles. The standard InChI is InChI=1S/C10H12Cl/c1-2-3-9-4-6-10(8-11)7-5-9/h4-7H,1-3,8H2. The first-order valence-corrected chi connectivity index (χ1v) is 4.33. The second-order valence-corrected chi connectivity index (χ2v) is 2.82. The summed E-state index contributed by atoms with van der Waals surface area (Å²) in [6.07, 6.45) is 2.02. The molecule has 0 fully saturated rings. The summed E-state index contributed by atoms with van der Waals surface area (Å²) in [4.78, 5) is 0. The van der Waals surface area contributed by atoms with Gasteiger partial charge >= 0.3 is 0 Å². The van der Waals surface area contributed by atoms with Crippen LogP contribution in [0.1, 0.15) is 17.5 Å². The molecule has 0 saturated carbocycles. The van der Waals surface area contributed by atoms with E-state index >= 15 is 0 Å². The Morgan fingerprint density at radius 3 is 2.09 bits per heavy atom. The van der Waals surface area contributed by atoms with Crippen molar-refractivity contribution in [2.75, 3.05) is 0 Å². The third-order valence-electron chi connectivity index (χ3n) is 1.64. The molecule has 1 heteroatoms. The fraction of sp³-hybridized carbons (Fsp3) is 0.300. The smallest absolute Gasteiger partial charge is 0.0474 e. The number of hydrogen-bond acceptors (Lipinski definition) is 0. The molecular weight excluding hydrogens is 156 g/mol. The van der Waals surface area contributed by atoms with Crippen molar-refractivity contribution in [1.29, 1.82) is 0 Å². The third-order valence-corrected chi connectivity index (χ3v) is 1.95. The van der Waals surface area contributed by atoms with Crippen LogP contribution in [0.5, 0.6) is 0 Å². The van der Waals surface area contributed by atoms with Crippen LogP contribution in [0.3, 0.4) is 0 Å². The topological polar surface area (TPSA) is 0 Å². The number of alkyl halides is 1. The van der Waals surface area contributed by atoms with E-state index in [1.807, 2.05) is 0 Å². The Morgan fingerprint density at radius 1 is 1.09 bits per heavy atom. The largest absolute Gasteiger partial charge is 0.122 e. The molecule has 11 heavy (non-hydrogen) atoms. The monoisotopic (exact) mass is 167 g/mol. The molecule has 0 unspecified atom stereocenters. The summed E-state index contributed by atoms with van der Waals surface area (Å²) in [6.45, 7) is 3.80. The molecular formula is C10H12Cl. The highest BCUT2D eigenvalue weighted by atomic mass is 35.5. The maximum absolute atomic E-state index is 5.64. The zero-order valence-electron chi connectivity index (χ0n) is 6.52. The molecule has 0 aromatic heterocycles. The average Bonchev–Trinajstić information content (AvgIpc) is 2.07. The second kappa shape index (κ2) is 4.40. The second-order valence-electron chi connectivity index (χ2n) is 2.55. The van der Waals surface area contributed by atoms with Crippen LogP contribution in [0.2, 0.25) is 0 Å². The molecule has 1 rings (SSSR count). The van der Waals surface area contributed by atoms with Crippen molar-refractivity contribution in [2.24, 2.45) is 0 Å². The minimum atomic E-state index is 0.602. The van der Waals surface area contributed by atoms with Gasteiger partial charge in [0.15, 0.2) is 0 Å². The van der Waals surface area contributed by atoms with Gasteiger partial charge in [0.25, 0.3) is 0 Å². The van der Waals surface area contributed by atoms with Crippen LogP contribution < -0.4 is 0 Å². The summed E-state index contributed by atoms with van der Waals surface area (Å²) < 4.78 is 0. The molecule has 1 aromatic carbocycles. The highest BCUT2D eigenvalue weighted by Gasteiger charge is 1.91. The van der Waals surface area contributed by atoms with Crippen LogP contribution in [0.15, 0.2) is 24.3 Å². The summed E-state index contributed by atoms with van der Waals surface area (Å²) in [5.41, 5.74) is 2.52. The molecule has 0 bridgehead atoms. The zero-order chi connectivity index (χ0) is 8.10. The van der Waals surface area contributed by atoms with E-state index in [9.17, 15) is 0 Å². The molecule has 0 heterocycles. The molecule has 0 N–H and O–H groups in total. The SMILES string of the molecule is [CH2]CCc1ccc(CCl)cc1. The lowest BCUT2D eigenvalue weighted by Crippen LogP contribution is -1.83. The predicted molar refractivity (Wildman–Crippen MR) is 49.7 cm³/mol. The maximum Gasteiger partial charge on any atom is 0.0474 e. The van der Waals surface area contributed by atoms with Crippen molar-refractivity contribution in [3.8, 4) is 0 Å². The van der Waals surface area contributed by atoms with Crippen LogP contribution >= 0.6 is 11.6 Å². The van der Waals surface area contributed by atoms with Crippen LogP contribution in [0.4, 0.5) is 0 Å². The van der Waals surface area contributed by atoms with Gasteiger partial charge in [-0.05, 0) is 24.0 Å². The fourth-order valence-electron chi connectivity index (χ4n) is 0.999. The van der Waals surface area contributed by atoms with Crippen molar-refractivity contribution in [1.82, 2.24) is 0 Å². The van der Waals surface area contributed by atoms with Crippen molar-refractivity contribution < 1.29 is 0 Å². The third kappa shape index (κ3) is 2.55. The lowest BCUT2D eigenvalue weighted by atomic mass is 10.1. The van der Waals surface area contributed by atoms with Crippen LogP contribution in [-0.4, -0.2) is 0 Å². The van der Waals surface area contributed by atoms with Gasteiger partial charge in [0.05, 0.1) is 0 Å². The lowest BCUT2D eigenvalue weighted by molar-refractivity contribution is 0.998.